The molecular weight excluding hydrogens is 1320 g/mol. The number of hydrogen-bond donors (Lipinski definition) is 1. The maximum absolute atomic E-state index is 13.0. The molecule has 0 bridgehead atoms. The van der Waals surface area contributed by atoms with E-state index in [2.05, 4.69) is 269 Å². The second kappa shape index (κ2) is 84.5. The first kappa shape index (κ1) is 99.8. The number of esters is 2. The molecule has 0 rings (SSSR count). The molecule has 1 N–H and O–H groups in total. The average molecular weight is 1470 g/mol. The molecule has 0 aromatic heterocycles. The van der Waals surface area contributed by atoms with Crippen LogP contribution in [0.4, 0.5) is 0 Å². The highest BCUT2D eigenvalue weighted by atomic mass is 16.7. The van der Waals surface area contributed by atoms with E-state index in [9.17, 15) is 19.5 Å². The highest BCUT2D eigenvalue weighted by Gasteiger charge is 2.25. The van der Waals surface area contributed by atoms with E-state index in [4.69, 9.17) is 18.9 Å². The smallest absolute Gasteiger partial charge is 0.361 e. The maximum atomic E-state index is 13.0. The fraction of sp³-hybridized carbons (Fsp3) is 0.541. The van der Waals surface area contributed by atoms with Gasteiger partial charge in [0, 0.05) is 12.8 Å². The third-order valence-electron chi connectivity index (χ3n) is 16.8. The lowest BCUT2D eigenvalue weighted by atomic mass is 10.0. The Morgan fingerprint density at radius 3 is 0.748 bits per heavy atom. The van der Waals surface area contributed by atoms with Gasteiger partial charge in [-0.2, -0.15) is 0 Å². The number of aliphatic carboxylic acids is 1. The van der Waals surface area contributed by atoms with Crippen molar-refractivity contribution in [2.45, 2.75) is 296 Å². The van der Waals surface area contributed by atoms with E-state index in [1.807, 2.05) is 21.1 Å². The van der Waals surface area contributed by atoms with Gasteiger partial charge < -0.3 is 28.5 Å². The fourth-order valence-corrected chi connectivity index (χ4v) is 10.5. The number of carboxylic acids is 1. The second-order valence-corrected chi connectivity index (χ2v) is 28.0. The van der Waals surface area contributed by atoms with Crippen LogP contribution in [0.5, 0.6) is 0 Å². The molecule has 0 aliphatic rings. The van der Waals surface area contributed by atoms with E-state index >= 15 is 0 Å². The van der Waals surface area contributed by atoms with Crippen molar-refractivity contribution in [2.24, 2.45) is 0 Å². The van der Waals surface area contributed by atoms with Crippen molar-refractivity contribution in [1.82, 2.24) is 0 Å². The number of carboxylic acid groups (broad SMARTS) is 1. The van der Waals surface area contributed by atoms with Crippen LogP contribution in [-0.2, 0) is 33.3 Å². The van der Waals surface area contributed by atoms with Gasteiger partial charge in [0.15, 0.2) is 6.10 Å². The van der Waals surface area contributed by atoms with Gasteiger partial charge in [0.1, 0.15) is 13.2 Å². The SMILES string of the molecule is CC/C=C\C/C=C\C/C=C\C/C=C\C/C=C\C/C=C\C/C=C\C/C=C\C/C=C\C/C=C\C/C=C\C/C=C\CCCCCCC(=O)OC(COC(=O)CCCCCCCCCCCCCCC/C=C\C/C=C\C/C=C\C/C=C\C/C=C\C/C=C\C/C=C\C/C=C\C/C=C\CC)COC(OCC[N+](C)(C)C)C(=O)O. The third-order valence-corrected chi connectivity index (χ3v) is 16.8. The number of ether oxygens (including phenoxy) is 4. The molecule has 0 radical (unpaired) electrons. The van der Waals surface area contributed by atoms with Gasteiger partial charge in [-0.25, -0.2) is 4.79 Å². The van der Waals surface area contributed by atoms with Crippen LogP contribution in [0, 0.1) is 0 Å². The number of carbonyl (C=O) groups is 3. The second-order valence-electron chi connectivity index (χ2n) is 28.0. The summed E-state index contributed by atoms with van der Waals surface area (Å²) >= 11 is 0. The summed E-state index contributed by atoms with van der Waals surface area (Å²) in [6.07, 6.45) is 134. The lowest BCUT2D eigenvalue weighted by molar-refractivity contribution is -0.870. The van der Waals surface area contributed by atoms with Gasteiger partial charge in [0.05, 0.1) is 34.4 Å². The van der Waals surface area contributed by atoms with E-state index in [-0.39, 0.29) is 38.6 Å². The maximum Gasteiger partial charge on any atom is 0.361 e. The van der Waals surface area contributed by atoms with E-state index in [0.717, 1.165) is 180 Å². The Hall–Kier alpha value is -7.17. The number of hydrogen-bond acceptors (Lipinski definition) is 7. The van der Waals surface area contributed by atoms with Gasteiger partial charge in [0.2, 0.25) is 0 Å². The van der Waals surface area contributed by atoms with Crippen LogP contribution in [0.1, 0.15) is 284 Å². The van der Waals surface area contributed by atoms with Crippen LogP contribution >= 0.6 is 0 Å². The number of allylic oxidation sites excluding steroid dienone is 42. The Morgan fingerprint density at radius 2 is 0.505 bits per heavy atom. The predicted octanol–water partition coefficient (Wildman–Crippen LogP) is 27.7. The molecule has 107 heavy (non-hydrogen) atoms. The molecule has 0 aromatic carbocycles. The highest BCUT2D eigenvalue weighted by molar-refractivity contribution is 5.71. The van der Waals surface area contributed by atoms with Gasteiger partial charge in [-0.1, -0.05) is 353 Å². The van der Waals surface area contributed by atoms with E-state index in [0.29, 0.717) is 17.4 Å². The topological polar surface area (TPSA) is 108 Å². The Morgan fingerprint density at radius 1 is 0.280 bits per heavy atom. The van der Waals surface area contributed by atoms with Crippen molar-refractivity contribution in [3.05, 3.63) is 255 Å². The number of unbranched alkanes of at least 4 members (excludes halogenated alkanes) is 17. The summed E-state index contributed by atoms with van der Waals surface area (Å²) in [5, 5.41) is 9.78. The summed E-state index contributed by atoms with van der Waals surface area (Å²) in [5.74, 6) is -2.06. The molecule has 0 saturated carbocycles. The number of nitrogens with zero attached hydrogens (tertiary/aromatic N) is 1. The first-order valence-corrected chi connectivity index (χ1v) is 41.8. The van der Waals surface area contributed by atoms with Gasteiger partial charge in [0.25, 0.3) is 6.29 Å². The molecule has 2 atom stereocenters. The lowest BCUT2D eigenvalue weighted by Crippen LogP contribution is -2.40. The van der Waals surface area contributed by atoms with Gasteiger partial charge >= 0.3 is 17.9 Å². The average Bonchev–Trinajstić information content (AvgIpc) is 0.965. The minimum absolute atomic E-state index is 0.170. The molecule has 0 saturated heterocycles. The highest BCUT2D eigenvalue weighted by Crippen LogP contribution is 2.16. The number of carbonyl (C=O) groups excluding carboxylic acids is 2. The quantitative estimate of drug-likeness (QED) is 0.0211. The molecule has 9 heteroatoms. The molecule has 0 aliphatic heterocycles. The van der Waals surface area contributed by atoms with E-state index < -0.39 is 24.3 Å². The molecule has 0 amide bonds. The first-order valence-electron chi connectivity index (χ1n) is 41.8. The van der Waals surface area contributed by atoms with Crippen LogP contribution in [0.2, 0.25) is 0 Å². The monoisotopic (exact) mass is 1470 g/mol. The summed E-state index contributed by atoms with van der Waals surface area (Å²) in [7, 11) is 5.96. The minimum atomic E-state index is -1.54. The number of rotatable bonds is 74. The molecule has 596 valence electrons. The molecule has 0 aliphatic carbocycles. The van der Waals surface area contributed by atoms with Crippen LogP contribution in [0.15, 0.2) is 255 Å². The molecule has 0 heterocycles. The molecule has 2 unspecified atom stereocenters. The summed E-state index contributed by atoms with van der Waals surface area (Å²) in [6, 6.07) is 0. The van der Waals surface area contributed by atoms with Crippen LogP contribution in [0.3, 0.4) is 0 Å². The van der Waals surface area contributed by atoms with Gasteiger partial charge in [-0.05, 0) is 173 Å². The van der Waals surface area contributed by atoms with Crippen LogP contribution in [0.25, 0.3) is 0 Å². The van der Waals surface area contributed by atoms with Crippen molar-refractivity contribution >= 4 is 17.9 Å². The summed E-state index contributed by atoms with van der Waals surface area (Å²) in [5.41, 5.74) is 0. The summed E-state index contributed by atoms with van der Waals surface area (Å²) in [6.45, 7) is 4.59. The molecule has 0 spiro atoms. The van der Waals surface area contributed by atoms with Gasteiger partial charge in [-0.15, -0.1) is 0 Å². The van der Waals surface area contributed by atoms with Crippen molar-refractivity contribution < 1.29 is 42.9 Å². The molecular formula is C98H152NO8+. The standard InChI is InChI=1S/C98H151NO8/c1-6-8-10-12-14-16-18-20-22-24-26-28-30-32-34-36-38-40-42-44-46-48-50-52-54-56-58-60-62-64-66-68-70-72-74-76-78-80-82-84-86-88-95(100)105-92-94(93-106-98(97(102)103)104-91-90-99(3,4)5)107-96(101)89-87-85-83-81-79-77-75-73-71-69-67-65-63-61-59-57-55-53-51-49-47-45-43-41-39-37-35-33-31-29-27-25-23-21-19-17-15-13-11-9-7-2/h8-11,14-17,20-23,26-29,32-35,38-41,44-47,50-53,56-59,63,65,69,71,75,77,94,98H,6-7,12-13,18-19,24-25,30-31,36-37,42-43,48-49,54-55,60-62,64,66-68,70,72-74,76,78-93H2,1-5H3/p+1/b10-8-,11-9-,16-14-,17-15-,22-20-,23-21-,28-26-,29-27-,34-32-,35-33-,40-38-,41-39-,46-44-,47-45-,52-50-,53-51-,58-56-,59-57-,65-63-,71-69-,77-75-. The molecule has 9 nitrogen and oxygen atoms in total. The Balaban J connectivity index is 4.18. The zero-order valence-electron chi connectivity index (χ0n) is 68.2. The third kappa shape index (κ3) is 86.0. The van der Waals surface area contributed by atoms with Crippen LogP contribution < -0.4 is 0 Å². The summed E-state index contributed by atoms with van der Waals surface area (Å²) < 4.78 is 23.0. The number of likely N-dealkylation sites (N-methyl/N-ethyl adjacent to an activating group) is 1. The van der Waals surface area contributed by atoms with Crippen molar-refractivity contribution in [2.75, 3.05) is 47.5 Å². The Bertz CT molecular complexity index is 2730. The first-order chi connectivity index (χ1) is 52.6. The molecule has 0 aromatic rings. The van der Waals surface area contributed by atoms with Crippen molar-refractivity contribution in [1.29, 1.82) is 0 Å². The van der Waals surface area contributed by atoms with E-state index in [1.54, 1.807) is 0 Å². The predicted molar refractivity (Wildman–Crippen MR) is 464 cm³/mol. The minimum Gasteiger partial charge on any atom is -0.477 e. The largest absolute Gasteiger partial charge is 0.477 e. The lowest BCUT2D eigenvalue weighted by Gasteiger charge is -2.25. The fourth-order valence-electron chi connectivity index (χ4n) is 10.5. The number of quaternary nitrogens is 1. The van der Waals surface area contributed by atoms with Crippen molar-refractivity contribution in [3.8, 4) is 0 Å². The zero-order chi connectivity index (χ0) is 77.4. The summed E-state index contributed by atoms with van der Waals surface area (Å²) in [4.78, 5) is 37.8. The van der Waals surface area contributed by atoms with Crippen molar-refractivity contribution in [3.63, 3.8) is 0 Å². The zero-order valence-corrected chi connectivity index (χ0v) is 68.2. The van der Waals surface area contributed by atoms with Crippen LogP contribution in [-0.4, -0.2) is 87.4 Å². The Labute approximate surface area is 655 Å². The van der Waals surface area contributed by atoms with Gasteiger partial charge in [-0.3, -0.25) is 9.59 Å². The normalized spacial score (nSPS) is 14.0. The van der Waals surface area contributed by atoms with E-state index in [1.165, 1.54) is 70.6 Å². The molecule has 0 fully saturated rings. The Kier molecular flexibility index (Phi) is 78.8.